The van der Waals surface area contributed by atoms with Gasteiger partial charge in [-0.3, -0.25) is 4.79 Å². The van der Waals surface area contributed by atoms with Crippen LogP contribution in [-0.2, 0) is 4.79 Å². The number of methoxy groups -OCH3 is 1. The summed E-state index contributed by atoms with van der Waals surface area (Å²) in [7, 11) is 1.54. The molecule has 1 N–H and O–H groups in total. The van der Waals surface area contributed by atoms with Crippen LogP contribution in [0, 0.1) is 18.3 Å². The number of benzene rings is 2. The molecule has 2 aromatic rings. The summed E-state index contributed by atoms with van der Waals surface area (Å²) in [6.07, 6.45) is 1.51. The molecule has 0 spiro atoms. The van der Waals surface area contributed by atoms with Crippen LogP contribution < -0.4 is 10.1 Å². The zero-order chi connectivity index (χ0) is 16.8. The van der Waals surface area contributed by atoms with Gasteiger partial charge in [-0.15, -0.1) is 0 Å². The molecule has 0 aliphatic rings. The highest BCUT2D eigenvalue weighted by Gasteiger charge is 2.11. The van der Waals surface area contributed by atoms with Gasteiger partial charge in [-0.1, -0.05) is 28.1 Å². The zero-order valence-corrected chi connectivity index (χ0v) is 14.3. The Balaban J connectivity index is 2.30. The molecule has 2 rings (SSSR count). The van der Waals surface area contributed by atoms with E-state index >= 15 is 0 Å². The van der Waals surface area contributed by atoms with Gasteiger partial charge in [0.2, 0.25) is 0 Å². The van der Waals surface area contributed by atoms with Gasteiger partial charge in [-0.2, -0.15) is 5.26 Å². The van der Waals surface area contributed by atoms with Crippen LogP contribution in [-0.4, -0.2) is 13.0 Å². The Bertz CT molecular complexity index is 807. The normalized spacial score (nSPS) is 10.8. The molecule has 5 heteroatoms. The van der Waals surface area contributed by atoms with Gasteiger partial charge in [-0.05, 0) is 48.9 Å². The zero-order valence-electron chi connectivity index (χ0n) is 12.8. The first kappa shape index (κ1) is 16.8. The van der Waals surface area contributed by atoms with Gasteiger partial charge in [-0.25, -0.2) is 0 Å². The quantitative estimate of drug-likeness (QED) is 0.644. The molecule has 0 unspecified atom stereocenters. The van der Waals surface area contributed by atoms with Crippen LogP contribution in [0.1, 0.15) is 11.1 Å². The number of rotatable bonds is 4. The number of nitriles is 1. The Labute approximate surface area is 143 Å². The van der Waals surface area contributed by atoms with Crippen molar-refractivity contribution in [2.24, 2.45) is 0 Å². The lowest BCUT2D eigenvalue weighted by Crippen LogP contribution is -2.13. The van der Waals surface area contributed by atoms with E-state index in [1.54, 1.807) is 25.3 Å². The number of carbonyl (C=O) groups is 1. The topological polar surface area (TPSA) is 62.1 Å². The molecular formula is C18H15BrN2O2. The second-order valence-corrected chi connectivity index (χ2v) is 5.80. The molecule has 0 radical (unpaired) electrons. The SMILES string of the molecule is COc1ccc(Br)cc1/C=C(\C#N)C(=O)Nc1cccc(C)c1. The lowest BCUT2D eigenvalue weighted by Gasteiger charge is -2.07. The van der Waals surface area contributed by atoms with E-state index in [-0.39, 0.29) is 5.57 Å². The van der Waals surface area contributed by atoms with E-state index in [9.17, 15) is 10.1 Å². The molecule has 2 aromatic carbocycles. The van der Waals surface area contributed by atoms with E-state index in [4.69, 9.17) is 4.74 Å². The molecule has 116 valence electrons. The molecule has 0 aromatic heterocycles. The number of nitrogens with one attached hydrogen (secondary N) is 1. The molecule has 0 heterocycles. The first-order valence-electron chi connectivity index (χ1n) is 6.87. The molecule has 0 saturated heterocycles. The molecule has 0 bridgehead atoms. The number of ether oxygens (including phenoxy) is 1. The molecule has 4 nitrogen and oxygen atoms in total. The number of nitrogens with zero attached hydrogens (tertiary/aromatic N) is 1. The summed E-state index contributed by atoms with van der Waals surface area (Å²) in [4.78, 5) is 12.3. The third-order valence-corrected chi connectivity index (χ3v) is 3.63. The molecule has 0 saturated carbocycles. The molecule has 0 aliphatic heterocycles. The number of amides is 1. The van der Waals surface area contributed by atoms with Crippen molar-refractivity contribution in [3.05, 3.63) is 63.6 Å². The van der Waals surface area contributed by atoms with Crippen molar-refractivity contribution < 1.29 is 9.53 Å². The van der Waals surface area contributed by atoms with Crippen LogP contribution in [0.25, 0.3) is 6.08 Å². The monoisotopic (exact) mass is 370 g/mol. The molecule has 23 heavy (non-hydrogen) atoms. The maximum atomic E-state index is 12.3. The number of carbonyl (C=O) groups excluding carboxylic acids is 1. The predicted molar refractivity (Wildman–Crippen MR) is 94.1 cm³/mol. The van der Waals surface area contributed by atoms with E-state index in [2.05, 4.69) is 21.2 Å². The van der Waals surface area contributed by atoms with Crippen LogP contribution in [0.3, 0.4) is 0 Å². The summed E-state index contributed by atoms with van der Waals surface area (Å²) >= 11 is 3.37. The highest BCUT2D eigenvalue weighted by Crippen LogP contribution is 2.25. The van der Waals surface area contributed by atoms with Crippen LogP contribution >= 0.6 is 15.9 Å². The summed E-state index contributed by atoms with van der Waals surface area (Å²) in [6, 6.07) is 14.7. The van der Waals surface area contributed by atoms with Crippen molar-refractivity contribution in [3.63, 3.8) is 0 Å². The van der Waals surface area contributed by atoms with E-state index in [1.807, 2.05) is 37.3 Å². The Morgan fingerprint density at radius 3 is 2.74 bits per heavy atom. The average Bonchev–Trinajstić information content (AvgIpc) is 2.52. The number of hydrogen-bond donors (Lipinski definition) is 1. The molecule has 1 amide bonds. The smallest absolute Gasteiger partial charge is 0.266 e. The Kier molecular flexibility index (Phi) is 5.56. The van der Waals surface area contributed by atoms with Gasteiger partial charge >= 0.3 is 0 Å². The van der Waals surface area contributed by atoms with Gasteiger partial charge in [0, 0.05) is 15.7 Å². The second-order valence-electron chi connectivity index (χ2n) is 4.88. The van der Waals surface area contributed by atoms with Gasteiger partial charge < -0.3 is 10.1 Å². The predicted octanol–water partition coefficient (Wildman–Crippen LogP) is 4.31. The van der Waals surface area contributed by atoms with Crippen molar-refractivity contribution in [2.45, 2.75) is 6.92 Å². The minimum atomic E-state index is -0.458. The summed E-state index contributed by atoms with van der Waals surface area (Å²) in [5.41, 5.74) is 2.33. The van der Waals surface area contributed by atoms with Crippen molar-refractivity contribution >= 4 is 33.6 Å². The van der Waals surface area contributed by atoms with E-state index in [1.165, 1.54) is 6.08 Å². The van der Waals surface area contributed by atoms with Gasteiger partial charge in [0.15, 0.2) is 0 Å². The lowest BCUT2D eigenvalue weighted by atomic mass is 10.1. The summed E-state index contributed by atoms with van der Waals surface area (Å²) in [5, 5.41) is 12.0. The van der Waals surface area contributed by atoms with E-state index in [0.29, 0.717) is 17.0 Å². The fourth-order valence-electron chi connectivity index (χ4n) is 2.04. The van der Waals surface area contributed by atoms with Crippen molar-refractivity contribution in [1.82, 2.24) is 0 Å². The minimum absolute atomic E-state index is 0.00269. The highest BCUT2D eigenvalue weighted by atomic mass is 79.9. The van der Waals surface area contributed by atoms with E-state index in [0.717, 1.165) is 10.0 Å². The van der Waals surface area contributed by atoms with Gasteiger partial charge in [0.05, 0.1) is 7.11 Å². The number of halogens is 1. The Morgan fingerprint density at radius 2 is 2.09 bits per heavy atom. The van der Waals surface area contributed by atoms with Crippen LogP contribution in [0.2, 0.25) is 0 Å². The standard InChI is InChI=1S/C18H15BrN2O2/c1-12-4-3-5-16(8-12)21-18(22)14(11-20)9-13-10-15(19)6-7-17(13)23-2/h3-10H,1-2H3,(H,21,22)/b14-9+. The fraction of sp³-hybridized carbons (Fsp3) is 0.111. The largest absolute Gasteiger partial charge is 0.496 e. The minimum Gasteiger partial charge on any atom is -0.496 e. The number of aryl methyl sites for hydroxylation is 1. The maximum Gasteiger partial charge on any atom is 0.266 e. The molecule has 0 atom stereocenters. The van der Waals surface area contributed by atoms with Crippen LogP contribution in [0.15, 0.2) is 52.5 Å². The molecule has 0 fully saturated rings. The summed E-state index contributed by atoms with van der Waals surface area (Å²) in [6.45, 7) is 1.93. The van der Waals surface area contributed by atoms with Crippen LogP contribution in [0.4, 0.5) is 5.69 Å². The third-order valence-electron chi connectivity index (χ3n) is 3.13. The molecular weight excluding hydrogens is 356 g/mol. The van der Waals surface area contributed by atoms with Crippen molar-refractivity contribution in [1.29, 1.82) is 5.26 Å². The average molecular weight is 371 g/mol. The first-order chi connectivity index (χ1) is 11.0. The third kappa shape index (κ3) is 4.44. The lowest BCUT2D eigenvalue weighted by molar-refractivity contribution is -0.112. The van der Waals surface area contributed by atoms with Crippen molar-refractivity contribution in [2.75, 3.05) is 12.4 Å². The maximum absolute atomic E-state index is 12.3. The summed E-state index contributed by atoms with van der Waals surface area (Å²) < 4.78 is 6.09. The summed E-state index contributed by atoms with van der Waals surface area (Å²) in [5.74, 6) is 0.129. The first-order valence-corrected chi connectivity index (χ1v) is 7.66. The van der Waals surface area contributed by atoms with E-state index < -0.39 is 5.91 Å². The van der Waals surface area contributed by atoms with Gasteiger partial charge in [0.25, 0.3) is 5.91 Å². The second kappa shape index (κ2) is 7.61. The Morgan fingerprint density at radius 1 is 1.30 bits per heavy atom. The fourth-order valence-corrected chi connectivity index (χ4v) is 2.42. The number of hydrogen-bond acceptors (Lipinski definition) is 3. The highest BCUT2D eigenvalue weighted by molar-refractivity contribution is 9.10. The van der Waals surface area contributed by atoms with Crippen LogP contribution in [0.5, 0.6) is 5.75 Å². The Hall–Kier alpha value is -2.58. The van der Waals surface area contributed by atoms with Gasteiger partial charge in [0.1, 0.15) is 17.4 Å². The van der Waals surface area contributed by atoms with Crippen molar-refractivity contribution in [3.8, 4) is 11.8 Å². The number of anilines is 1. The molecule has 0 aliphatic carbocycles.